The third-order valence-electron chi connectivity index (χ3n) is 5.33. The van der Waals surface area contributed by atoms with Crippen LogP contribution in [0.2, 0.25) is 0 Å². The van der Waals surface area contributed by atoms with Crippen LogP contribution >= 0.6 is 0 Å². The molecule has 0 aromatic rings. The molecule has 2 rings (SSSR count). The molecule has 0 spiro atoms. The van der Waals surface area contributed by atoms with Gasteiger partial charge >= 0.3 is 5.97 Å². The number of carbonyl (C=O) groups excluding carboxylic acids is 2. The number of Topliss-reactive ketones (excluding diaryl/α,β-unsaturated/α-hetero) is 1. The van der Waals surface area contributed by atoms with Crippen LogP contribution in [0.5, 0.6) is 0 Å². The highest BCUT2D eigenvalue weighted by Gasteiger charge is 2.64. The third kappa shape index (κ3) is 3.63. The second-order valence-electron chi connectivity index (χ2n) is 6.76. The third-order valence-corrected chi connectivity index (χ3v) is 5.33. The van der Waals surface area contributed by atoms with Crippen molar-refractivity contribution in [2.45, 2.75) is 69.0 Å². The Bertz CT molecular complexity index is 568. The summed E-state index contributed by atoms with van der Waals surface area (Å²) >= 11 is 0. The molecule has 2 aliphatic rings. The van der Waals surface area contributed by atoms with E-state index in [-0.39, 0.29) is 0 Å². The second kappa shape index (κ2) is 8.08. The maximum absolute atomic E-state index is 12.2. The van der Waals surface area contributed by atoms with Gasteiger partial charge in [0.05, 0.1) is 7.11 Å². The average molecular weight is 392 g/mol. The Morgan fingerprint density at radius 3 is 1.93 bits per heavy atom. The van der Waals surface area contributed by atoms with E-state index < -0.39 is 60.0 Å². The quantitative estimate of drug-likeness (QED) is 0.587. The molecule has 2 fully saturated rings. The van der Waals surface area contributed by atoms with Gasteiger partial charge < -0.3 is 38.3 Å². The van der Waals surface area contributed by atoms with E-state index in [1.54, 1.807) is 13.8 Å². The number of ether oxygens (including phenoxy) is 7. The zero-order valence-electron chi connectivity index (χ0n) is 16.6. The van der Waals surface area contributed by atoms with Crippen molar-refractivity contribution in [1.29, 1.82) is 0 Å². The largest absolute Gasteiger partial charge is 0.467 e. The molecule has 0 aromatic carbocycles. The lowest BCUT2D eigenvalue weighted by molar-refractivity contribution is -0.473. The Hall–Kier alpha value is -1.14. The van der Waals surface area contributed by atoms with Crippen LogP contribution in [-0.4, -0.2) is 93.5 Å². The molecule has 1 unspecified atom stereocenters. The lowest BCUT2D eigenvalue weighted by Crippen LogP contribution is -2.74. The van der Waals surface area contributed by atoms with Crippen molar-refractivity contribution in [2.75, 3.05) is 28.4 Å². The fraction of sp³-hybridized carbons (Fsp3) is 0.882. The SMILES string of the molecule is COC(=O)[C@H]1O[C@H](C(O)C(C)=O)[C@@H]2O[C@@](C)(OC)[C@](C)(OC)O[C@H]2[C@@H]1OC. The number of aliphatic hydroxyl groups is 1. The number of esters is 1. The monoisotopic (exact) mass is 392 g/mol. The average Bonchev–Trinajstić information content (AvgIpc) is 2.66. The lowest BCUT2D eigenvalue weighted by atomic mass is 9.88. The van der Waals surface area contributed by atoms with Gasteiger partial charge in [-0.2, -0.15) is 0 Å². The fourth-order valence-electron chi connectivity index (χ4n) is 3.39. The van der Waals surface area contributed by atoms with Crippen LogP contribution < -0.4 is 0 Å². The predicted octanol–water partition coefficient (Wildman–Crippen LogP) is -0.599. The topological polar surface area (TPSA) is 119 Å². The number of carbonyl (C=O) groups is 2. The molecule has 0 aromatic heterocycles. The summed E-state index contributed by atoms with van der Waals surface area (Å²) in [5.74, 6) is -4.05. The first-order chi connectivity index (χ1) is 12.6. The van der Waals surface area contributed by atoms with Crippen molar-refractivity contribution < 1.29 is 47.9 Å². The van der Waals surface area contributed by atoms with Crippen molar-refractivity contribution >= 4 is 11.8 Å². The number of fused-ring (bicyclic) bond motifs is 1. The predicted molar refractivity (Wildman–Crippen MR) is 88.7 cm³/mol. The number of rotatable bonds is 6. The summed E-state index contributed by atoms with van der Waals surface area (Å²) in [5, 5.41) is 10.4. The second-order valence-corrected chi connectivity index (χ2v) is 6.76. The molecule has 1 N–H and O–H groups in total. The normalized spacial score (nSPS) is 42.9. The molecule has 10 heteroatoms. The van der Waals surface area contributed by atoms with Gasteiger partial charge in [-0.25, -0.2) is 4.79 Å². The molecule has 10 nitrogen and oxygen atoms in total. The van der Waals surface area contributed by atoms with Crippen LogP contribution in [0.4, 0.5) is 0 Å². The van der Waals surface area contributed by atoms with Gasteiger partial charge in [0.1, 0.15) is 30.5 Å². The van der Waals surface area contributed by atoms with E-state index >= 15 is 0 Å². The summed E-state index contributed by atoms with van der Waals surface area (Å²) in [4.78, 5) is 24.0. The Kier molecular flexibility index (Phi) is 6.63. The molecular formula is C17H28O10. The first-order valence-corrected chi connectivity index (χ1v) is 8.49. The van der Waals surface area contributed by atoms with Crippen LogP contribution in [0.15, 0.2) is 0 Å². The summed E-state index contributed by atoms with van der Waals surface area (Å²) in [6.07, 6.45) is -6.84. The van der Waals surface area contributed by atoms with Crippen LogP contribution in [-0.2, 0) is 42.7 Å². The summed E-state index contributed by atoms with van der Waals surface area (Å²) in [6.45, 7) is 4.41. The Morgan fingerprint density at radius 1 is 1.00 bits per heavy atom. The van der Waals surface area contributed by atoms with E-state index in [2.05, 4.69) is 0 Å². The highest BCUT2D eigenvalue weighted by Crippen LogP contribution is 2.44. The number of hydrogen-bond donors (Lipinski definition) is 1. The van der Waals surface area contributed by atoms with Crippen molar-refractivity contribution in [3.8, 4) is 0 Å². The number of aliphatic hydroxyl groups excluding tert-OH is 1. The molecule has 0 saturated carbocycles. The fourth-order valence-corrected chi connectivity index (χ4v) is 3.39. The minimum Gasteiger partial charge on any atom is -0.467 e. The molecule has 2 aliphatic heterocycles. The van der Waals surface area contributed by atoms with Crippen LogP contribution in [0.1, 0.15) is 20.8 Å². The molecular weight excluding hydrogens is 364 g/mol. The van der Waals surface area contributed by atoms with Crippen molar-refractivity contribution in [3.63, 3.8) is 0 Å². The molecule has 0 bridgehead atoms. The summed E-state index contributed by atoms with van der Waals surface area (Å²) < 4.78 is 39.0. The first-order valence-electron chi connectivity index (χ1n) is 8.49. The number of hydrogen-bond acceptors (Lipinski definition) is 10. The molecule has 27 heavy (non-hydrogen) atoms. The van der Waals surface area contributed by atoms with Gasteiger partial charge in [0, 0.05) is 21.3 Å². The molecule has 156 valence electrons. The smallest absolute Gasteiger partial charge is 0.337 e. The van der Waals surface area contributed by atoms with Gasteiger partial charge in [-0.3, -0.25) is 4.79 Å². The molecule has 2 saturated heterocycles. The van der Waals surface area contributed by atoms with E-state index in [0.717, 1.165) is 0 Å². The van der Waals surface area contributed by atoms with Crippen molar-refractivity contribution in [3.05, 3.63) is 0 Å². The molecule has 0 aliphatic carbocycles. The number of ketones is 1. The first kappa shape index (κ1) is 22.2. The minimum atomic E-state index is -1.56. The standard InChI is InChI=1S/C17H28O10/c1-8(18)9(19)10-12-13(11(21-4)14(25-10)15(20)22-5)27-17(3,24-7)16(2,23-6)26-12/h9-14,19H,1-7H3/t9?,10-,11+,12+,13+,14+,16-,17-/m1/s1. The molecule has 0 radical (unpaired) electrons. The van der Waals surface area contributed by atoms with E-state index in [4.69, 9.17) is 33.2 Å². The van der Waals surface area contributed by atoms with Crippen LogP contribution in [0.25, 0.3) is 0 Å². The van der Waals surface area contributed by atoms with E-state index in [9.17, 15) is 14.7 Å². The molecule has 2 heterocycles. The van der Waals surface area contributed by atoms with Gasteiger partial charge in [0.2, 0.25) is 11.6 Å². The summed E-state index contributed by atoms with van der Waals surface area (Å²) in [5.41, 5.74) is 0. The summed E-state index contributed by atoms with van der Waals surface area (Å²) in [7, 11) is 5.40. The maximum atomic E-state index is 12.2. The summed E-state index contributed by atoms with van der Waals surface area (Å²) in [6, 6.07) is 0. The minimum absolute atomic E-state index is 0.555. The van der Waals surface area contributed by atoms with Crippen LogP contribution in [0.3, 0.4) is 0 Å². The van der Waals surface area contributed by atoms with Crippen molar-refractivity contribution in [2.24, 2.45) is 0 Å². The van der Waals surface area contributed by atoms with E-state index in [1.807, 2.05) is 0 Å². The van der Waals surface area contributed by atoms with Gasteiger partial charge in [-0.05, 0) is 20.8 Å². The van der Waals surface area contributed by atoms with Gasteiger partial charge in [0.15, 0.2) is 11.9 Å². The van der Waals surface area contributed by atoms with E-state index in [0.29, 0.717) is 0 Å². The molecule has 8 atom stereocenters. The van der Waals surface area contributed by atoms with Gasteiger partial charge in [-0.1, -0.05) is 0 Å². The van der Waals surface area contributed by atoms with Crippen molar-refractivity contribution in [1.82, 2.24) is 0 Å². The lowest BCUT2D eigenvalue weighted by Gasteiger charge is -2.57. The zero-order chi connectivity index (χ0) is 20.6. The Morgan fingerprint density at radius 2 is 1.52 bits per heavy atom. The zero-order valence-corrected chi connectivity index (χ0v) is 16.6. The number of methoxy groups -OCH3 is 4. The highest BCUT2D eigenvalue weighted by atomic mass is 16.8. The van der Waals surface area contributed by atoms with Crippen LogP contribution in [0, 0.1) is 0 Å². The molecule has 0 amide bonds. The highest BCUT2D eigenvalue weighted by molar-refractivity contribution is 5.81. The Balaban J connectivity index is 2.51. The van der Waals surface area contributed by atoms with E-state index in [1.165, 1.54) is 35.4 Å². The Labute approximate surface area is 157 Å². The van der Waals surface area contributed by atoms with Gasteiger partial charge in [-0.15, -0.1) is 0 Å². The maximum Gasteiger partial charge on any atom is 0.337 e. The van der Waals surface area contributed by atoms with Gasteiger partial charge in [0.25, 0.3) is 0 Å².